The van der Waals surface area contributed by atoms with Crippen LogP contribution in [-0.4, -0.2) is 63.5 Å². The molecule has 8 nitrogen and oxygen atoms in total. The number of alkyl halides is 3. The van der Waals surface area contributed by atoms with E-state index in [9.17, 15) is 4.79 Å². The van der Waals surface area contributed by atoms with Gasteiger partial charge >= 0.3 is 0 Å². The Hall–Kier alpha value is -1.77. The van der Waals surface area contributed by atoms with E-state index in [1.807, 2.05) is 17.0 Å². The normalized spacial score (nSPS) is 19.8. The first-order chi connectivity index (χ1) is 13.8. The maximum Gasteiger partial charge on any atom is 0.290 e. The number of aromatic amines is 1. The predicted octanol–water partition coefficient (Wildman–Crippen LogP) is 3.32. The van der Waals surface area contributed by atoms with Gasteiger partial charge in [0.05, 0.1) is 11.4 Å². The topological polar surface area (TPSA) is 102 Å². The first-order valence-electron chi connectivity index (χ1n) is 9.39. The summed E-state index contributed by atoms with van der Waals surface area (Å²) in [5.74, 6) is 1.38. The lowest BCUT2D eigenvalue weighted by Crippen LogP contribution is -2.44. The van der Waals surface area contributed by atoms with Gasteiger partial charge in [0.2, 0.25) is 9.70 Å². The van der Waals surface area contributed by atoms with E-state index in [1.165, 1.54) is 0 Å². The molecule has 4 heterocycles. The summed E-state index contributed by atoms with van der Waals surface area (Å²) in [7, 11) is 0. The van der Waals surface area contributed by atoms with Gasteiger partial charge in [-0.1, -0.05) is 34.8 Å². The van der Waals surface area contributed by atoms with Crippen molar-refractivity contribution in [1.82, 2.24) is 19.9 Å². The molecule has 2 aliphatic heterocycles. The second-order valence-electron chi connectivity index (χ2n) is 7.05. The lowest BCUT2D eigenvalue weighted by Gasteiger charge is -2.34. The van der Waals surface area contributed by atoms with Gasteiger partial charge in [-0.05, 0) is 37.8 Å². The van der Waals surface area contributed by atoms with Crippen molar-refractivity contribution in [3.8, 4) is 0 Å². The van der Waals surface area contributed by atoms with Gasteiger partial charge in [-0.2, -0.15) is 0 Å². The van der Waals surface area contributed by atoms with Crippen molar-refractivity contribution in [3.05, 3.63) is 18.0 Å². The molecule has 0 saturated carbocycles. The molecule has 1 amide bonds. The summed E-state index contributed by atoms with van der Waals surface area (Å²) < 4.78 is -1.61. The van der Waals surface area contributed by atoms with Crippen LogP contribution in [0.1, 0.15) is 31.5 Å². The van der Waals surface area contributed by atoms with Crippen molar-refractivity contribution in [2.24, 2.45) is 5.92 Å². The summed E-state index contributed by atoms with van der Waals surface area (Å²) >= 11 is 17.7. The molecule has 2 N–H and O–H groups in total. The highest BCUT2D eigenvalue weighted by Crippen LogP contribution is 2.37. The van der Waals surface area contributed by atoms with Gasteiger partial charge in [0.15, 0.2) is 11.5 Å². The SMILES string of the molecule is O=C([C@@H]1CCCN(c2ccc3[nH]c(C(Cl)(Cl)Cl)nc3n2)C1)N1CCCC1.O=CO. The zero-order valence-corrected chi connectivity index (χ0v) is 17.9. The quantitative estimate of drug-likeness (QED) is 0.524. The first kappa shape index (κ1) is 21.9. The number of pyridine rings is 1. The van der Waals surface area contributed by atoms with Crippen LogP contribution < -0.4 is 4.90 Å². The Labute approximate surface area is 183 Å². The van der Waals surface area contributed by atoms with Crippen LogP contribution in [-0.2, 0) is 13.4 Å². The lowest BCUT2D eigenvalue weighted by atomic mass is 9.96. The summed E-state index contributed by atoms with van der Waals surface area (Å²) in [5.41, 5.74) is 1.23. The number of carbonyl (C=O) groups is 2. The van der Waals surface area contributed by atoms with Crippen LogP contribution in [0, 0.1) is 5.92 Å². The number of nitrogens with zero attached hydrogens (tertiary/aromatic N) is 4. The number of hydrogen-bond acceptors (Lipinski definition) is 5. The van der Waals surface area contributed by atoms with E-state index in [-0.39, 0.29) is 24.1 Å². The minimum absolute atomic E-state index is 0.0373. The summed E-state index contributed by atoms with van der Waals surface area (Å²) in [6, 6.07) is 3.81. The number of hydrogen-bond donors (Lipinski definition) is 2. The van der Waals surface area contributed by atoms with E-state index in [2.05, 4.69) is 19.9 Å². The van der Waals surface area contributed by atoms with Crippen LogP contribution in [0.3, 0.4) is 0 Å². The van der Waals surface area contributed by atoms with Crippen LogP contribution in [0.5, 0.6) is 0 Å². The van der Waals surface area contributed by atoms with E-state index in [1.54, 1.807) is 0 Å². The molecule has 2 aromatic heterocycles. The number of likely N-dealkylation sites (tertiary alicyclic amines) is 1. The molecule has 0 aromatic carbocycles. The number of nitrogens with one attached hydrogen (secondary N) is 1. The molecule has 2 aromatic rings. The van der Waals surface area contributed by atoms with Crippen molar-refractivity contribution >= 4 is 64.2 Å². The second-order valence-corrected chi connectivity index (χ2v) is 9.33. The van der Waals surface area contributed by atoms with Crippen molar-refractivity contribution in [2.45, 2.75) is 29.5 Å². The van der Waals surface area contributed by atoms with Crippen LogP contribution in [0.2, 0.25) is 0 Å². The Morgan fingerprint density at radius 1 is 1.17 bits per heavy atom. The predicted molar refractivity (Wildman–Crippen MR) is 113 cm³/mol. The third kappa shape index (κ3) is 5.24. The van der Waals surface area contributed by atoms with Gasteiger partial charge in [-0.3, -0.25) is 9.59 Å². The van der Waals surface area contributed by atoms with Crippen molar-refractivity contribution in [3.63, 3.8) is 0 Å². The van der Waals surface area contributed by atoms with Gasteiger partial charge in [0, 0.05) is 26.2 Å². The molecular formula is C18H22Cl3N5O3. The maximum absolute atomic E-state index is 12.7. The van der Waals surface area contributed by atoms with E-state index in [0.29, 0.717) is 12.2 Å². The van der Waals surface area contributed by atoms with E-state index in [0.717, 1.165) is 56.7 Å². The monoisotopic (exact) mass is 461 g/mol. The number of carbonyl (C=O) groups excluding carboxylic acids is 1. The molecule has 0 spiro atoms. The van der Waals surface area contributed by atoms with Crippen LogP contribution in [0.25, 0.3) is 11.2 Å². The average molecular weight is 463 g/mol. The number of amides is 1. The molecule has 2 saturated heterocycles. The van der Waals surface area contributed by atoms with Crippen molar-refractivity contribution in [1.29, 1.82) is 0 Å². The Morgan fingerprint density at radius 2 is 1.86 bits per heavy atom. The molecular weight excluding hydrogens is 441 g/mol. The molecule has 1 atom stereocenters. The number of imidazole rings is 1. The van der Waals surface area contributed by atoms with Crippen molar-refractivity contribution < 1.29 is 14.7 Å². The average Bonchev–Trinajstić information content (AvgIpc) is 3.37. The number of carboxylic acid groups (broad SMARTS) is 1. The molecule has 0 radical (unpaired) electrons. The highest BCUT2D eigenvalue weighted by Gasteiger charge is 2.31. The highest BCUT2D eigenvalue weighted by atomic mass is 35.6. The Morgan fingerprint density at radius 3 is 2.52 bits per heavy atom. The van der Waals surface area contributed by atoms with E-state index < -0.39 is 3.79 Å². The molecule has 2 aliphatic rings. The van der Waals surface area contributed by atoms with Crippen molar-refractivity contribution in [2.75, 3.05) is 31.1 Å². The summed E-state index contributed by atoms with van der Waals surface area (Å²) in [4.78, 5) is 37.1. The zero-order valence-electron chi connectivity index (χ0n) is 15.7. The molecule has 0 bridgehead atoms. The number of H-pyrrole nitrogens is 1. The number of rotatable bonds is 2. The standard InChI is InChI=1S/C17H20Cl3N5O.CH2O2/c18-17(19,20)16-21-12-5-6-13(22-14(12)23-16)25-9-3-4-11(10-25)15(26)24-7-1-2-8-24;2-1-3/h5-6,11H,1-4,7-10H2,(H,21,22,23);1H,(H,2,3)/t11-;/m1./s1. The van der Waals surface area contributed by atoms with Gasteiger partial charge in [0.1, 0.15) is 5.82 Å². The van der Waals surface area contributed by atoms with Gasteiger partial charge in [-0.15, -0.1) is 0 Å². The van der Waals surface area contributed by atoms with E-state index >= 15 is 0 Å². The molecule has 0 aliphatic carbocycles. The molecule has 0 unspecified atom stereocenters. The fourth-order valence-electron chi connectivity index (χ4n) is 3.78. The molecule has 4 rings (SSSR count). The maximum atomic E-state index is 12.7. The lowest BCUT2D eigenvalue weighted by molar-refractivity contribution is -0.134. The number of anilines is 1. The van der Waals surface area contributed by atoms with Crippen LogP contribution in [0.15, 0.2) is 12.1 Å². The summed E-state index contributed by atoms with van der Waals surface area (Å²) in [5, 5.41) is 6.89. The fraction of sp³-hybridized carbons (Fsp3) is 0.556. The number of aromatic nitrogens is 3. The Balaban J connectivity index is 0.000000755. The molecule has 29 heavy (non-hydrogen) atoms. The number of halogens is 3. The minimum Gasteiger partial charge on any atom is -0.483 e. The Bertz CT molecular complexity index is 864. The highest BCUT2D eigenvalue weighted by molar-refractivity contribution is 6.66. The zero-order chi connectivity index (χ0) is 21.0. The number of fused-ring (bicyclic) bond motifs is 1. The smallest absolute Gasteiger partial charge is 0.290 e. The summed E-state index contributed by atoms with van der Waals surface area (Å²) in [6.07, 6.45) is 4.15. The molecule has 11 heteroatoms. The van der Waals surface area contributed by atoms with Crippen LogP contribution >= 0.6 is 34.8 Å². The summed E-state index contributed by atoms with van der Waals surface area (Å²) in [6.45, 7) is 3.11. The largest absolute Gasteiger partial charge is 0.483 e. The third-order valence-electron chi connectivity index (χ3n) is 5.11. The van der Waals surface area contributed by atoms with Gasteiger partial charge in [-0.25, -0.2) is 9.97 Å². The van der Waals surface area contributed by atoms with Gasteiger partial charge < -0.3 is 19.9 Å². The van der Waals surface area contributed by atoms with Gasteiger partial charge in [0.25, 0.3) is 6.47 Å². The van der Waals surface area contributed by atoms with E-state index in [4.69, 9.17) is 44.7 Å². The Kier molecular flexibility index (Phi) is 7.08. The molecule has 158 valence electrons. The fourth-order valence-corrected chi connectivity index (χ4v) is 4.04. The second kappa shape index (κ2) is 9.36. The first-order valence-corrected chi connectivity index (χ1v) is 10.5. The number of piperidine rings is 1. The van der Waals surface area contributed by atoms with Crippen LogP contribution in [0.4, 0.5) is 5.82 Å². The molecule has 2 fully saturated rings. The minimum atomic E-state index is -1.61. The third-order valence-corrected chi connectivity index (χ3v) is 5.65.